The average molecular weight is 742 g/mol. The minimum absolute atomic E-state index is 0.00649. The fourth-order valence-electron chi connectivity index (χ4n) is 6.25. The topological polar surface area (TPSA) is 63.7 Å². The molecule has 296 valence electrons. The van der Waals surface area contributed by atoms with E-state index in [0.717, 1.165) is 113 Å². The fraction of sp³-hybridized carbons (Fsp3) is 0.930. The van der Waals surface area contributed by atoms with E-state index in [1.54, 1.807) is 23.5 Å². The van der Waals surface area contributed by atoms with Crippen LogP contribution in [0.2, 0.25) is 0 Å². The van der Waals surface area contributed by atoms with Crippen LogP contribution in [0.25, 0.3) is 0 Å². The molecule has 0 amide bonds. The second-order valence-electron chi connectivity index (χ2n) is 16.9. The zero-order valence-electron chi connectivity index (χ0n) is 34.7. The number of thioether (sulfide) groups is 2. The van der Waals surface area contributed by atoms with Gasteiger partial charge in [-0.1, -0.05) is 130 Å². The number of rotatable bonds is 33. The predicted octanol–water partition coefficient (Wildman–Crippen LogP) is 12.6. The third kappa shape index (κ3) is 31.0. The van der Waals surface area contributed by atoms with Crippen molar-refractivity contribution in [1.82, 2.24) is 4.90 Å². The summed E-state index contributed by atoms with van der Waals surface area (Å²) >= 11 is 3.13. The van der Waals surface area contributed by atoms with Gasteiger partial charge in [-0.25, -0.2) is 0 Å². The van der Waals surface area contributed by atoms with E-state index in [9.17, 15) is 14.4 Å². The first kappa shape index (κ1) is 49.5. The van der Waals surface area contributed by atoms with Crippen LogP contribution in [0.1, 0.15) is 184 Å². The molecule has 5 nitrogen and oxygen atoms in total. The van der Waals surface area contributed by atoms with Crippen LogP contribution in [0.5, 0.6) is 0 Å². The molecule has 2 atom stereocenters. The Balaban J connectivity index is 4.37. The molecule has 0 aromatic rings. The van der Waals surface area contributed by atoms with Gasteiger partial charge in [0.2, 0.25) is 0 Å². The molecule has 0 heterocycles. The second-order valence-corrected chi connectivity index (χ2v) is 19.1. The maximum absolute atomic E-state index is 12.6. The minimum atomic E-state index is -0.0586. The number of nitrogens with zero attached hydrogens (tertiary/aromatic N) is 1. The molecule has 0 spiro atoms. The summed E-state index contributed by atoms with van der Waals surface area (Å²) in [5.41, 5.74) is 0. The van der Waals surface area contributed by atoms with Crippen LogP contribution in [0.4, 0.5) is 0 Å². The standard InChI is InChI=1S/C43H83NO4S2/c1-34(2)27-29-38(36(5)6)32-49-42(46)25-19-15-11-13-17-22-40(48-41(45)24-21-31-44(9)10)23-18-14-12-16-20-26-43(47)50-33-39(37(7)8)30-28-35(3)4/h34-40H,11-33H2,1-10H3. The van der Waals surface area contributed by atoms with E-state index in [0.29, 0.717) is 53.2 Å². The molecular formula is C43H83NO4S2. The molecule has 0 fully saturated rings. The number of carbonyl (C=O) groups excluding carboxylic acids is 3. The van der Waals surface area contributed by atoms with E-state index in [-0.39, 0.29) is 12.1 Å². The van der Waals surface area contributed by atoms with Gasteiger partial charge in [0, 0.05) is 30.8 Å². The lowest BCUT2D eigenvalue weighted by Gasteiger charge is -2.21. The lowest BCUT2D eigenvalue weighted by molar-refractivity contribution is -0.150. The normalized spacial score (nSPS) is 13.9. The molecule has 0 rings (SSSR count). The summed E-state index contributed by atoms with van der Waals surface area (Å²) in [5.74, 6) is 5.86. The molecule has 7 heteroatoms. The third-order valence-electron chi connectivity index (χ3n) is 10.1. The van der Waals surface area contributed by atoms with Crippen LogP contribution in [-0.2, 0) is 19.1 Å². The number of esters is 1. The number of carbonyl (C=O) groups is 3. The Bertz CT molecular complexity index is 791. The van der Waals surface area contributed by atoms with Crippen LogP contribution in [0.3, 0.4) is 0 Å². The average Bonchev–Trinajstić information content (AvgIpc) is 3.02. The first-order chi connectivity index (χ1) is 23.7. The number of hydrogen-bond donors (Lipinski definition) is 0. The summed E-state index contributed by atoms with van der Waals surface area (Å²) < 4.78 is 5.98. The SMILES string of the molecule is CC(C)CCC(CSC(=O)CCCCCCCC(CCCCCCCC(=O)SCC(CCC(C)C)C(C)C)OC(=O)CCCN(C)C)C(C)C. The zero-order valence-corrected chi connectivity index (χ0v) is 36.3. The molecule has 0 aliphatic heterocycles. The third-order valence-corrected chi connectivity index (χ3v) is 12.4. The van der Waals surface area contributed by atoms with Gasteiger partial charge in [-0.05, 0) is 114 Å². The van der Waals surface area contributed by atoms with Crippen LogP contribution in [-0.4, -0.2) is 59.3 Å². The van der Waals surface area contributed by atoms with Crippen molar-refractivity contribution < 1.29 is 19.1 Å². The maximum Gasteiger partial charge on any atom is 0.306 e. The van der Waals surface area contributed by atoms with Crippen molar-refractivity contribution in [2.75, 3.05) is 32.1 Å². The van der Waals surface area contributed by atoms with Gasteiger partial charge in [0.25, 0.3) is 0 Å². The maximum atomic E-state index is 12.6. The number of unbranched alkanes of at least 4 members (excludes halogenated alkanes) is 8. The largest absolute Gasteiger partial charge is 0.462 e. The van der Waals surface area contributed by atoms with Crippen molar-refractivity contribution in [3.05, 3.63) is 0 Å². The Labute approximate surface area is 320 Å². The van der Waals surface area contributed by atoms with Gasteiger partial charge in [0.15, 0.2) is 10.2 Å². The van der Waals surface area contributed by atoms with Gasteiger partial charge in [0.1, 0.15) is 6.10 Å². The zero-order chi connectivity index (χ0) is 37.7. The Morgan fingerprint density at radius 2 is 0.900 bits per heavy atom. The van der Waals surface area contributed by atoms with Gasteiger partial charge in [-0.15, -0.1) is 0 Å². The lowest BCUT2D eigenvalue weighted by atomic mass is 9.90. The lowest BCUT2D eigenvalue weighted by Crippen LogP contribution is -2.20. The second kappa shape index (κ2) is 31.9. The van der Waals surface area contributed by atoms with E-state index < -0.39 is 0 Å². The first-order valence-electron chi connectivity index (χ1n) is 20.9. The van der Waals surface area contributed by atoms with Gasteiger partial charge in [-0.3, -0.25) is 14.4 Å². The summed E-state index contributed by atoms with van der Waals surface area (Å²) in [7, 11) is 4.07. The number of ether oxygens (including phenoxy) is 1. The molecular weight excluding hydrogens is 659 g/mol. The number of hydrogen-bond acceptors (Lipinski definition) is 7. The molecule has 0 saturated carbocycles. The summed E-state index contributed by atoms with van der Waals surface area (Å²) in [6.07, 6.45) is 20.3. The minimum Gasteiger partial charge on any atom is -0.462 e. The molecule has 0 bridgehead atoms. The summed E-state index contributed by atoms with van der Waals surface area (Å²) in [4.78, 5) is 39.7. The molecule has 0 aromatic heterocycles. The van der Waals surface area contributed by atoms with Crippen molar-refractivity contribution in [3.8, 4) is 0 Å². The molecule has 2 unspecified atom stereocenters. The highest BCUT2D eigenvalue weighted by atomic mass is 32.2. The van der Waals surface area contributed by atoms with Crippen LogP contribution in [0, 0.1) is 35.5 Å². The van der Waals surface area contributed by atoms with Crippen molar-refractivity contribution in [3.63, 3.8) is 0 Å². The Hall–Kier alpha value is -0.530. The van der Waals surface area contributed by atoms with Gasteiger partial charge in [0.05, 0.1) is 0 Å². The molecule has 0 aliphatic carbocycles. The molecule has 0 radical (unpaired) electrons. The highest BCUT2D eigenvalue weighted by Gasteiger charge is 2.18. The van der Waals surface area contributed by atoms with E-state index in [4.69, 9.17) is 4.74 Å². The van der Waals surface area contributed by atoms with Crippen LogP contribution < -0.4 is 0 Å². The molecule has 0 saturated heterocycles. The van der Waals surface area contributed by atoms with E-state index in [2.05, 4.69) is 60.3 Å². The van der Waals surface area contributed by atoms with Crippen molar-refractivity contribution in [2.45, 2.75) is 190 Å². The van der Waals surface area contributed by atoms with Crippen molar-refractivity contribution >= 4 is 39.7 Å². The van der Waals surface area contributed by atoms with E-state index in [1.807, 2.05) is 14.1 Å². The fourth-order valence-corrected chi connectivity index (χ4v) is 8.73. The quantitative estimate of drug-likeness (QED) is 0.0490. The Morgan fingerprint density at radius 3 is 1.28 bits per heavy atom. The van der Waals surface area contributed by atoms with Crippen LogP contribution >= 0.6 is 23.5 Å². The summed E-state index contributed by atoms with van der Waals surface area (Å²) in [6.45, 7) is 19.2. The summed E-state index contributed by atoms with van der Waals surface area (Å²) in [6, 6.07) is 0. The van der Waals surface area contributed by atoms with Crippen LogP contribution in [0.15, 0.2) is 0 Å². The molecule has 0 aromatic carbocycles. The van der Waals surface area contributed by atoms with Crippen molar-refractivity contribution in [2.24, 2.45) is 35.5 Å². The van der Waals surface area contributed by atoms with Gasteiger partial charge >= 0.3 is 5.97 Å². The van der Waals surface area contributed by atoms with Crippen molar-refractivity contribution in [1.29, 1.82) is 0 Å². The summed E-state index contributed by atoms with van der Waals surface area (Å²) in [5, 5.41) is 0.721. The molecule has 0 N–H and O–H groups in total. The Kier molecular flexibility index (Phi) is 31.6. The predicted molar refractivity (Wildman–Crippen MR) is 222 cm³/mol. The molecule has 50 heavy (non-hydrogen) atoms. The first-order valence-corrected chi connectivity index (χ1v) is 22.8. The Morgan fingerprint density at radius 1 is 0.500 bits per heavy atom. The van der Waals surface area contributed by atoms with E-state index >= 15 is 0 Å². The monoisotopic (exact) mass is 742 g/mol. The highest BCUT2D eigenvalue weighted by molar-refractivity contribution is 8.13. The van der Waals surface area contributed by atoms with Gasteiger partial charge < -0.3 is 9.64 Å². The van der Waals surface area contributed by atoms with Gasteiger partial charge in [-0.2, -0.15) is 0 Å². The smallest absolute Gasteiger partial charge is 0.306 e. The molecule has 0 aliphatic rings. The van der Waals surface area contributed by atoms with E-state index in [1.165, 1.54) is 25.7 Å². The highest BCUT2D eigenvalue weighted by Crippen LogP contribution is 2.27.